The van der Waals surface area contributed by atoms with Crippen LogP contribution < -0.4 is 5.32 Å². The van der Waals surface area contributed by atoms with Gasteiger partial charge in [0, 0.05) is 24.5 Å². The van der Waals surface area contributed by atoms with Gasteiger partial charge in [0.1, 0.15) is 5.54 Å². The summed E-state index contributed by atoms with van der Waals surface area (Å²) in [6.45, 7) is 4.51. The van der Waals surface area contributed by atoms with Crippen molar-refractivity contribution in [3.05, 3.63) is 24.5 Å². The van der Waals surface area contributed by atoms with Crippen molar-refractivity contribution in [3.8, 4) is 17.5 Å². The predicted molar refractivity (Wildman–Crippen MR) is 94.5 cm³/mol. The molecule has 2 aromatic rings. The van der Waals surface area contributed by atoms with Crippen molar-refractivity contribution in [2.24, 2.45) is 5.92 Å². The van der Waals surface area contributed by atoms with E-state index in [0.717, 1.165) is 24.2 Å². The molecule has 8 heteroatoms. The Bertz CT molecular complexity index is 795. The first-order valence-electron chi connectivity index (χ1n) is 8.26. The minimum absolute atomic E-state index is 0.155. The molecule has 0 bridgehead atoms. The Morgan fingerprint density at radius 1 is 1.44 bits per heavy atom. The number of nitrogens with zero attached hydrogens (tertiary/aromatic N) is 5. The van der Waals surface area contributed by atoms with E-state index in [-0.39, 0.29) is 17.6 Å². The van der Waals surface area contributed by atoms with E-state index in [4.69, 9.17) is 0 Å². The molecule has 1 aliphatic rings. The second-order valence-electron chi connectivity index (χ2n) is 6.21. The Hall–Kier alpha value is -2.40. The molecule has 0 spiro atoms. The van der Waals surface area contributed by atoms with E-state index in [2.05, 4.69) is 26.6 Å². The van der Waals surface area contributed by atoms with Crippen molar-refractivity contribution >= 4 is 17.7 Å². The largest absolute Gasteiger partial charge is 0.337 e. The van der Waals surface area contributed by atoms with Gasteiger partial charge in [-0.05, 0) is 44.7 Å². The van der Waals surface area contributed by atoms with E-state index in [9.17, 15) is 10.1 Å². The van der Waals surface area contributed by atoms with Crippen molar-refractivity contribution in [2.45, 2.75) is 43.9 Å². The molecule has 3 rings (SSSR count). The first-order valence-corrected chi connectivity index (χ1v) is 9.24. The van der Waals surface area contributed by atoms with Gasteiger partial charge >= 0.3 is 0 Å². The van der Waals surface area contributed by atoms with E-state index in [0.29, 0.717) is 11.7 Å². The molecule has 1 atom stereocenters. The number of pyridine rings is 1. The Kier molecular flexibility index (Phi) is 5.04. The van der Waals surface area contributed by atoms with Gasteiger partial charge in [-0.2, -0.15) is 5.26 Å². The van der Waals surface area contributed by atoms with Crippen LogP contribution in [0.2, 0.25) is 0 Å². The molecule has 0 radical (unpaired) electrons. The summed E-state index contributed by atoms with van der Waals surface area (Å²) in [6, 6.07) is 6.00. The van der Waals surface area contributed by atoms with Crippen LogP contribution in [0, 0.1) is 17.2 Å². The summed E-state index contributed by atoms with van der Waals surface area (Å²) < 4.78 is 1.97. The number of nitrogens with one attached hydrogen (secondary N) is 1. The molecule has 130 valence electrons. The lowest BCUT2D eigenvalue weighted by atomic mass is 9.98. The molecule has 1 N–H and O–H groups in total. The topological polar surface area (TPSA) is 96.5 Å². The Morgan fingerprint density at radius 2 is 2.16 bits per heavy atom. The molecule has 1 aliphatic carbocycles. The van der Waals surface area contributed by atoms with E-state index in [1.54, 1.807) is 19.3 Å². The van der Waals surface area contributed by atoms with Crippen LogP contribution in [-0.4, -0.2) is 36.9 Å². The van der Waals surface area contributed by atoms with Gasteiger partial charge in [0.15, 0.2) is 11.0 Å². The van der Waals surface area contributed by atoms with Crippen molar-refractivity contribution < 1.29 is 4.79 Å². The SMILES string of the molecule is CCn1c(SCC(=O)NC(C)(C#N)C2CC2)nnc1-c1ccncc1. The maximum absolute atomic E-state index is 12.3. The van der Waals surface area contributed by atoms with Gasteiger partial charge in [-0.25, -0.2) is 0 Å². The molecule has 25 heavy (non-hydrogen) atoms. The van der Waals surface area contributed by atoms with E-state index < -0.39 is 5.54 Å². The third kappa shape index (κ3) is 3.82. The number of carbonyl (C=O) groups is 1. The number of carbonyl (C=O) groups excluding carboxylic acids is 1. The summed E-state index contributed by atoms with van der Waals surface area (Å²) >= 11 is 1.33. The lowest BCUT2D eigenvalue weighted by Crippen LogP contribution is -2.47. The average Bonchev–Trinajstić information content (AvgIpc) is 3.41. The summed E-state index contributed by atoms with van der Waals surface area (Å²) in [6.07, 6.45) is 5.42. The molecule has 0 aliphatic heterocycles. The van der Waals surface area contributed by atoms with Crippen LogP contribution in [0.1, 0.15) is 26.7 Å². The lowest BCUT2D eigenvalue weighted by molar-refractivity contribution is -0.119. The number of hydrogen-bond acceptors (Lipinski definition) is 6. The highest BCUT2D eigenvalue weighted by Gasteiger charge is 2.42. The third-order valence-electron chi connectivity index (χ3n) is 4.33. The zero-order valence-electron chi connectivity index (χ0n) is 14.3. The van der Waals surface area contributed by atoms with Crippen LogP contribution in [0.4, 0.5) is 0 Å². The van der Waals surface area contributed by atoms with Gasteiger partial charge in [0.2, 0.25) is 5.91 Å². The van der Waals surface area contributed by atoms with Crippen LogP contribution >= 0.6 is 11.8 Å². The monoisotopic (exact) mass is 356 g/mol. The summed E-state index contributed by atoms with van der Waals surface area (Å²) in [4.78, 5) is 16.3. The first kappa shape index (κ1) is 17.4. The lowest BCUT2D eigenvalue weighted by Gasteiger charge is -2.22. The minimum Gasteiger partial charge on any atom is -0.337 e. The van der Waals surface area contributed by atoms with E-state index >= 15 is 0 Å². The summed E-state index contributed by atoms with van der Waals surface area (Å²) in [5.74, 6) is 1.08. The van der Waals surface area contributed by atoms with Crippen LogP contribution in [0.5, 0.6) is 0 Å². The Labute approximate surface area is 150 Å². The zero-order chi connectivity index (χ0) is 17.9. The molecule has 0 saturated heterocycles. The van der Waals surface area contributed by atoms with Crippen LogP contribution in [0.3, 0.4) is 0 Å². The predicted octanol–water partition coefficient (Wildman–Crippen LogP) is 2.26. The second-order valence-corrected chi connectivity index (χ2v) is 7.15. The standard InChI is InChI=1S/C17H20N6OS/c1-3-23-15(12-6-8-19-9-7-12)21-22-16(23)25-10-14(24)20-17(2,11-18)13-4-5-13/h6-9,13H,3-5,10H2,1-2H3,(H,20,24). The van der Waals surface area contributed by atoms with Gasteiger partial charge in [0.25, 0.3) is 0 Å². The van der Waals surface area contributed by atoms with Crippen molar-refractivity contribution in [3.63, 3.8) is 0 Å². The van der Waals surface area contributed by atoms with E-state index in [1.165, 1.54) is 11.8 Å². The van der Waals surface area contributed by atoms with Gasteiger partial charge < -0.3 is 9.88 Å². The molecule has 0 aromatic carbocycles. The first-order chi connectivity index (χ1) is 12.1. The summed E-state index contributed by atoms with van der Waals surface area (Å²) in [7, 11) is 0. The molecular formula is C17H20N6OS. The zero-order valence-corrected chi connectivity index (χ0v) is 15.1. The number of hydrogen-bond donors (Lipinski definition) is 1. The minimum atomic E-state index is -0.766. The quantitative estimate of drug-likeness (QED) is 0.765. The van der Waals surface area contributed by atoms with Crippen molar-refractivity contribution in [1.29, 1.82) is 5.26 Å². The fourth-order valence-electron chi connectivity index (χ4n) is 2.73. The molecule has 2 aromatic heterocycles. The molecular weight excluding hydrogens is 336 g/mol. The van der Waals surface area contributed by atoms with Crippen LogP contribution in [0.15, 0.2) is 29.7 Å². The number of amides is 1. The highest BCUT2D eigenvalue weighted by Crippen LogP contribution is 2.39. The molecule has 1 amide bonds. The molecule has 1 saturated carbocycles. The molecule has 1 fully saturated rings. The third-order valence-corrected chi connectivity index (χ3v) is 5.30. The van der Waals surface area contributed by atoms with E-state index in [1.807, 2.05) is 23.6 Å². The smallest absolute Gasteiger partial charge is 0.231 e. The number of nitriles is 1. The van der Waals surface area contributed by atoms with Gasteiger partial charge in [-0.1, -0.05) is 11.8 Å². The number of thioether (sulfide) groups is 1. The van der Waals surface area contributed by atoms with Crippen LogP contribution in [-0.2, 0) is 11.3 Å². The van der Waals surface area contributed by atoms with Gasteiger partial charge in [0.05, 0.1) is 11.8 Å². The number of rotatable bonds is 7. The summed E-state index contributed by atoms with van der Waals surface area (Å²) in [5, 5.41) is 21.3. The van der Waals surface area contributed by atoms with Crippen LogP contribution in [0.25, 0.3) is 11.4 Å². The fraction of sp³-hybridized carbons (Fsp3) is 0.471. The Morgan fingerprint density at radius 3 is 2.76 bits per heavy atom. The highest BCUT2D eigenvalue weighted by molar-refractivity contribution is 7.99. The molecule has 7 nitrogen and oxygen atoms in total. The average molecular weight is 356 g/mol. The van der Waals surface area contributed by atoms with Crippen molar-refractivity contribution in [2.75, 3.05) is 5.75 Å². The number of aromatic nitrogens is 4. The highest BCUT2D eigenvalue weighted by atomic mass is 32.2. The molecule has 2 heterocycles. The van der Waals surface area contributed by atoms with Gasteiger partial charge in [-0.3, -0.25) is 9.78 Å². The second kappa shape index (κ2) is 7.23. The summed E-state index contributed by atoms with van der Waals surface area (Å²) in [5.41, 5.74) is 0.171. The fourth-order valence-corrected chi connectivity index (χ4v) is 3.54. The maximum Gasteiger partial charge on any atom is 0.231 e. The van der Waals surface area contributed by atoms with Gasteiger partial charge in [-0.15, -0.1) is 10.2 Å². The maximum atomic E-state index is 12.3. The van der Waals surface area contributed by atoms with Crippen molar-refractivity contribution in [1.82, 2.24) is 25.1 Å². The molecule has 1 unspecified atom stereocenters. The Balaban J connectivity index is 1.66. The normalized spacial score (nSPS) is 16.0.